The van der Waals surface area contributed by atoms with Crippen molar-refractivity contribution in [3.63, 3.8) is 0 Å². The van der Waals surface area contributed by atoms with Crippen molar-refractivity contribution in [1.29, 1.82) is 0 Å². The largest absolute Gasteiger partial charge is 0.341 e. The van der Waals surface area contributed by atoms with Crippen LogP contribution in [0.15, 0.2) is 24.3 Å². The summed E-state index contributed by atoms with van der Waals surface area (Å²) in [7, 11) is 0. The van der Waals surface area contributed by atoms with Gasteiger partial charge in [-0.15, -0.1) is 0 Å². The van der Waals surface area contributed by atoms with Gasteiger partial charge in [0.15, 0.2) is 0 Å². The molecule has 1 heterocycles. The van der Waals surface area contributed by atoms with Crippen LogP contribution in [0.3, 0.4) is 0 Å². The predicted octanol–water partition coefficient (Wildman–Crippen LogP) is 2.50. The second-order valence-electron chi connectivity index (χ2n) is 6.85. The molecule has 1 aromatic rings. The van der Waals surface area contributed by atoms with Crippen LogP contribution in [0.4, 0.5) is 0 Å². The van der Waals surface area contributed by atoms with Crippen molar-refractivity contribution in [2.45, 2.75) is 38.3 Å². The summed E-state index contributed by atoms with van der Waals surface area (Å²) in [6.45, 7) is 4.61. The maximum atomic E-state index is 12.6. The van der Waals surface area contributed by atoms with Crippen LogP contribution in [-0.2, 0) is 11.3 Å². The fraction of sp³-hybridized carbons (Fsp3) is 0.611. The summed E-state index contributed by atoms with van der Waals surface area (Å²) in [5.41, 5.74) is 7.23. The van der Waals surface area contributed by atoms with Crippen LogP contribution in [0.5, 0.6) is 0 Å². The molecule has 1 saturated carbocycles. The van der Waals surface area contributed by atoms with E-state index in [0.29, 0.717) is 5.91 Å². The Morgan fingerprint density at radius 3 is 2.61 bits per heavy atom. The van der Waals surface area contributed by atoms with Gasteiger partial charge in [0.25, 0.3) is 0 Å². The number of nitrogens with two attached hydrogens (primary N) is 1. The second kappa shape index (κ2) is 7.65. The number of halogens is 1. The van der Waals surface area contributed by atoms with Crippen molar-refractivity contribution in [2.24, 2.45) is 11.7 Å². The molecular formula is C18H26ClN3O. The average molecular weight is 336 g/mol. The molecule has 2 unspecified atom stereocenters. The first-order valence-corrected chi connectivity index (χ1v) is 9.01. The maximum Gasteiger partial charge on any atom is 0.225 e. The highest BCUT2D eigenvalue weighted by Gasteiger charge is 2.31. The Hall–Kier alpha value is -1.10. The molecule has 1 aliphatic heterocycles. The number of carbonyl (C=O) groups excluding carboxylic acids is 1. The van der Waals surface area contributed by atoms with E-state index in [1.54, 1.807) is 0 Å². The zero-order valence-corrected chi connectivity index (χ0v) is 14.3. The van der Waals surface area contributed by atoms with Crippen molar-refractivity contribution in [3.8, 4) is 0 Å². The molecule has 126 valence electrons. The standard InChI is InChI=1S/C18H26ClN3O/c19-16-5-2-14(3-6-16)13-21-8-1-9-22(11-10-21)18(23)15-4-7-17(20)12-15/h2-3,5-6,15,17H,1,4,7-13,20H2. The van der Waals surface area contributed by atoms with E-state index >= 15 is 0 Å². The van der Waals surface area contributed by atoms with Gasteiger partial charge in [0, 0.05) is 49.7 Å². The third kappa shape index (κ3) is 4.46. The first-order chi connectivity index (χ1) is 11.1. The third-order valence-electron chi connectivity index (χ3n) is 5.04. The van der Waals surface area contributed by atoms with E-state index in [2.05, 4.69) is 21.9 Å². The van der Waals surface area contributed by atoms with E-state index < -0.39 is 0 Å². The zero-order valence-electron chi connectivity index (χ0n) is 13.6. The SMILES string of the molecule is NC1CCC(C(=O)N2CCCN(Cc3ccc(Cl)cc3)CC2)C1. The average Bonchev–Trinajstić information content (AvgIpc) is 2.84. The Morgan fingerprint density at radius 1 is 1.13 bits per heavy atom. The number of rotatable bonds is 3. The lowest BCUT2D eigenvalue weighted by atomic mass is 10.1. The first-order valence-electron chi connectivity index (χ1n) is 8.63. The summed E-state index contributed by atoms with van der Waals surface area (Å²) in [5.74, 6) is 0.485. The van der Waals surface area contributed by atoms with Crippen molar-refractivity contribution in [3.05, 3.63) is 34.9 Å². The van der Waals surface area contributed by atoms with Crippen LogP contribution in [0.25, 0.3) is 0 Å². The molecule has 0 bridgehead atoms. The summed E-state index contributed by atoms with van der Waals surface area (Å²) in [5, 5.41) is 0.774. The molecule has 2 fully saturated rings. The summed E-state index contributed by atoms with van der Waals surface area (Å²) < 4.78 is 0. The summed E-state index contributed by atoms with van der Waals surface area (Å²) in [6.07, 6.45) is 3.86. The number of hydrogen-bond donors (Lipinski definition) is 1. The fourth-order valence-corrected chi connectivity index (χ4v) is 3.82. The topological polar surface area (TPSA) is 49.6 Å². The van der Waals surface area contributed by atoms with Crippen LogP contribution in [-0.4, -0.2) is 47.9 Å². The molecule has 0 spiro atoms. The number of carbonyl (C=O) groups is 1. The molecule has 2 atom stereocenters. The Kier molecular flexibility index (Phi) is 5.57. The van der Waals surface area contributed by atoms with Gasteiger partial charge in [0.2, 0.25) is 5.91 Å². The summed E-state index contributed by atoms with van der Waals surface area (Å²) >= 11 is 5.94. The van der Waals surface area contributed by atoms with E-state index in [4.69, 9.17) is 17.3 Å². The van der Waals surface area contributed by atoms with Crippen LogP contribution in [0, 0.1) is 5.92 Å². The lowest BCUT2D eigenvalue weighted by Crippen LogP contribution is -2.38. The van der Waals surface area contributed by atoms with Gasteiger partial charge < -0.3 is 10.6 Å². The van der Waals surface area contributed by atoms with E-state index in [9.17, 15) is 4.79 Å². The molecule has 5 heteroatoms. The molecule has 0 aromatic heterocycles. The van der Waals surface area contributed by atoms with Gasteiger partial charge in [-0.2, -0.15) is 0 Å². The monoisotopic (exact) mass is 335 g/mol. The molecule has 1 amide bonds. The van der Waals surface area contributed by atoms with Gasteiger partial charge in [-0.3, -0.25) is 9.69 Å². The minimum absolute atomic E-state index is 0.160. The molecule has 1 aromatic carbocycles. The Morgan fingerprint density at radius 2 is 1.91 bits per heavy atom. The van der Waals surface area contributed by atoms with Crippen LogP contribution in [0.2, 0.25) is 5.02 Å². The van der Waals surface area contributed by atoms with Crippen molar-refractivity contribution in [1.82, 2.24) is 9.80 Å². The summed E-state index contributed by atoms with van der Waals surface area (Å²) in [6, 6.07) is 8.26. The summed E-state index contributed by atoms with van der Waals surface area (Å²) in [4.78, 5) is 17.1. The Balaban J connectivity index is 1.52. The first kappa shape index (κ1) is 16.7. The molecule has 0 radical (unpaired) electrons. The molecule has 4 nitrogen and oxygen atoms in total. The van der Waals surface area contributed by atoms with Crippen LogP contribution < -0.4 is 5.73 Å². The lowest BCUT2D eigenvalue weighted by Gasteiger charge is -2.24. The Bertz CT molecular complexity index is 534. The predicted molar refractivity (Wildman–Crippen MR) is 93.2 cm³/mol. The van der Waals surface area contributed by atoms with Crippen molar-refractivity contribution >= 4 is 17.5 Å². The van der Waals surface area contributed by atoms with E-state index in [1.165, 1.54) is 5.56 Å². The molecule has 2 N–H and O–H groups in total. The third-order valence-corrected chi connectivity index (χ3v) is 5.29. The molecule has 23 heavy (non-hydrogen) atoms. The van der Waals surface area contributed by atoms with Crippen molar-refractivity contribution < 1.29 is 4.79 Å². The normalized spacial score (nSPS) is 26.3. The van der Waals surface area contributed by atoms with E-state index in [1.807, 2.05) is 12.1 Å². The van der Waals surface area contributed by atoms with Crippen LogP contribution in [0.1, 0.15) is 31.2 Å². The van der Waals surface area contributed by atoms with Crippen molar-refractivity contribution in [2.75, 3.05) is 26.2 Å². The Labute approximate surface area is 143 Å². The minimum atomic E-state index is 0.160. The highest BCUT2D eigenvalue weighted by molar-refractivity contribution is 6.30. The minimum Gasteiger partial charge on any atom is -0.341 e. The molecular weight excluding hydrogens is 310 g/mol. The zero-order chi connectivity index (χ0) is 16.2. The van der Waals surface area contributed by atoms with E-state index in [0.717, 1.165) is 63.4 Å². The maximum absolute atomic E-state index is 12.6. The molecule has 1 aliphatic carbocycles. The molecule has 3 rings (SSSR count). The number of amides is 1. The molecule has 1 saturated heterocycles. The number of benzene rings is 1. The number of nitrogens with zero attached hydrogens (tertiary/aromatic N) is 2. The van der Waals surface area contributed by atoms with Gasteiger partial charge in [0.1, 0.15) is 0 Å². The highest BCUT2D eigenvalue weighted by Crippen LogP contribution is 2.26. The van der Waals surface area contributed by atoms with Gasteiger partial charge in [-0.1, -0.05) is 23.7 Å². The van der Waals surface area contributed by atoms with Gasteiger partial charge >= 0.3 is 0 Å². The van der Waals surface area contributed by atoms with E-state index in [-0.39, 0.29) is 12.0 Å². The molecule has 2 aliphatic rings. The smallest absolute Gasteiger partial charge is 0.225 e. The lowest BCUT2D eigenvalue weighted by molar-refractivity contribution is -0.135. The van der Waals surface area contributed by atoms with Gasteiger partial charge in [-0.25, -0.2) is 0 Å². The quantitative estimate of drug-likeness (QED) is 0.923. The van der Waals surface area contributed by atoms with Crippen LogP contribution >= 0.6 is 11.6 Å². The highest BCUT2D eigenvalue weighted by atomic mass is 35.5. The van der Waals surface area contributed by atoms with Gasteiger partial charge in [-0.05, 0) is 43.4 Å². The number of hydrogen-bond acceptors (Lipinski definition) is 3. The second-order valence-corrected chi connectivity index (χ2v) is 7.29. The van der Waals surface area contributed by atoms with Gasteiger partial charge in [0.05, 0.1) is 0 Å². The fourth-order valence-electron chi connectivity index (χ4n) is 3.70.